The summed E-state index contributed by atoms with van der Waals surface area (Å²) in [5.74, 6) is 0. The minimum atomic E-state index is 0.373. The summed E-state index contributed by atoms with van der Waals surface area (Å²) in [4.78, 5) is 5.67. The van der Waals surface area contributed by atoms with Gasteiger partial charge in [-0.1, -0.05) is 0 Å². The van der Waals surface area contributed by atoms with E-state index in [1.54, 1.807) is 0 Å². The fraction of sp³-hybridized carbons (Fsp3) is 0.600. The van der Waals surface area contributed by atoms with Crippen LogP contribution in [-0.2, 0) is 0 Å². The molecule has 2 rings (SSSR count). The van der Waals surface area contributed by atoms with Crippen LogP contribution in [-0.4, -0.2) is 29.0 Å². The fourth-order valence-electron chi connectivity index (χ4n) is 1.97. The predicted octanol–water partition coefficient (Wildman–Crippen LogP) is 1.11. The Morgan fingerprint density at radius 1 is 1.69 bits per heavy atom. The van der Waals surface area contributed by atoms with E-state index >= 15 is 0 Å². The molecule has 0 radical (unpaired) electrons. The minimum Gasteiger partial charge on any atom is -0.364 e. The van der Waals surface area contributed by atoms with E-state index in [9.17, 15) is 0 Å². The van der Waals surface area contributed by atoms with Crippen molar-refractivity contribution < 1.29 is 0 Å². The van der Waals surface area contributed by atoms with Gasteiger partial charge in [0.15, 0.2) is 0 Å². The van der Waals surface area contributed by atoms with E-state index < -0.39 is 0 Å². The molecule has 2 heterocycles. The lowest BCUT2D eigenvalue weighted by atomic mass is 10.2. The molecular formula is C10H17N3. The molecule has 3 heteroatoms. The van der Waals surface area contributed by atoms with Gasteiger partial charge in [0, 0.05) is 37.1 Å². The minimum absolute atomic E-state index is 0.373. The van der Waals surface area contributed by atoms with Crippen LogP contribution in [0.3, 0.4) is 0 Å². The molecule has 0 spiro atoms. The number of nitrogens with two attached hydrogens (primary N) is 1. The number of aromatic nitrogens is 1. The molecule has 3 N–H and O–H groups in total. The Morgan fingerprint density at radius 3 is 3.08 bits per heavy atom. The van der Waals surface area contributed by atoms with Crippen molar-refractivity contribution in [2.45, 2.75) is 25.4 Å². The number of H-pyrrole nitrogens is 1. The zero-order chi connectivity index (χ0) is 9.26. The third-order valence-electron chi connectivity index (χ3n) is 2.88. The average Bonchev–Trinajstić information content (AvgIpc) is 2.72. The SMILES string of the molecule is C[C@@H](c1ccc[nH]1)N1CC[C@H](N)C1. The molecule has 1 aromatic heterocycles. The zero-order valence-corrected chi connectivity index (χ0v) is 8.03. The highest BCUT2D eigenvalue weighted by Gasteiger charge is 2.24. The second-order valence-corrected chi connectivity index (χ2v) is 3.85. The molecule has 1 aliphatic rings. The van der Waals surface area contributed by atoms with E-state index in [4.69, 9.17) is 5.73 Å². The molecule has 0 saturated carbocycles. The van der Waals surface area contributed by atoms with Gasteiger partial charge in [0.1, 0.15) is 0 Å². The Kier molecular flexibility index (Phi) is 2.38. The normalized spacial score (nSPS) is 26.5. The first kappa shape index (κ1) is 8.78. The highest BCUT2D eigenvalue weighted by molar-refractivity contribution is 5.09. The second kappa shape index (κ2) is 3.52. The summed E-state index contributed by atoms with van der Waals surface area (Å²) in [6, 6.07) is 5.03. The standard InChI is InChI=1S/C10H17N3/c1-8(10-3-2-5-12-10)13-6-4-9(11)7-13/h2-3,5,8-9,12H,4,6-7,11H2,1H3/t8-,9-/m0/s1. The molecule has 2 atom stereocenters. The van der Waals surface area contributed by atoms with Crippen LogP contribution >= 0.6 is 0 Å². The first-order chi connectivity index (χ1) is 6.27. The molecule has 1 saturated heterocycles. The van der Waals surface area contributed by atoms with Crippen molar-refractivity contribution in [2.24, 2.45) is 5.73 Å². The van der Waals surface area contributed by atoms with Gasteiger partial charge in [0.05, 0.1) is 0 Å². The van der Waals surface area contributed by atoms with Crippen LogP contribution in [0.1, 0.15) is 25.1 Å². The highest BCUT2D eigenvalue weighted by Crippen LogP contribution is 2.22. The quantitative estimate of drug-likeness (QED) is 0.714. The summed E-state index contributed by atoms with van der Waals surface area (Å²) < 4.78 is 0. The maximum atomic E-state index is 5.86. The maximum absolute atomic E-state index is 5.86. The molecular weight excluding hydrogens is 162 g/mol. The topological polar surface area (TPSA) is 45.0 Å². The number of hydrogen-bond acceptors (Lipinski definition) is 2. The zero-order valence-electron chi connectivity index (χ0n) is 8.03. The molecule has 0 unspecified atom stereocenters. The van der Waals surface area contributed by atoms with Crippen molar-refractivity contribution in [2.75, 3.05) is 13.1 Å². The monoisotopic (exact) mass is 179 g/mol. The van der Waals surface area contributed by atoms with E-state index in [1.165, 1.54) is 5.69 Å². The second-order valence-electron chi connectivity index (χ2n) is 3.85. The lowest BCUT2D eigenvalue weighted by molar-refractivity contribution is 0.256. The summed E-state index contributed by atoms with van der Waals surface area (Å²) >= 11 is 0. The average molecular weight is 179 g/mol. The van der Waals surface area contributed by atoms with Crippen molar-refractivity contribution in [3.63, 3.8) is 0 Å². The number of nitrogens with zero attached hydrogens (tertiary/aromatic N) is 1. The van der Waals surface area contributed by atoms with Gasteiger partial charge in [0.2, 0.25) is 0 Å². The van der Waals surface area contributed by atoms with Gasteiger partial charge < -0.3 is 10.7 Å². The molecule has 3 nitrogen and oxygen atoms in total. The van der Waals surface area contributed by atoms with E-state index in [-0.39, 0.29) is 0 Å². The van der Waals surface area contributed by atoms with Crippen molar-refractivity contribution in [1.82, 2.24) is 9.88 Å². The first-order valence-corrected chi connectivity index (χ1v) is 4.90. The molecule has 1 fully saturated rings. The third-order valence-corrected chi connectivity index (χ3v) is 2.88. The number of aromatic amines is 1. The number of rotatable bonds is 2. The van der Waals surface area contributed by atoms with Gasteiger partial charge in [-0.3, -0.25) is 4.90 Å². The van der Waals surface area contributed by atoms with Gasteiger partial charge in [0.25, 0.3) is 0 Å². The summed E-state index contributed by atoms with van der Waals surface area (Å²) in [6.07, 6.45) is 3.10. The van der Waals surface area contributed by atoms with Crippen LogP contribution in [0.4, 0.5) is 0 Å². The smallest absolute Gasteiger partial charge is 0.0470 e. The van der Waals surface area contributed by atoms with Crippen molar-refractivity contribution in [3.05, 3.63) is 24.0 Å². The van der Waals surface area contributed by atoms with Gasteiger partial charge in [-0.05, 0) is 25.5 Å². The van der Waals surface area contributed by atoms with E-state index in [2.05, 4.69) is 22.9 Å². The van der Waals surface area contributed by atoms with Crippen LogP contribution in [0, 0.1) is 0 Å². The van der Waals surface area contributed by atoms with Crippen LogP contribution in [0.5, 0.6) is 0 Å². The third kappa shape index (κ3) is 1.76. The van der Waals surface area contributed by atoms with E-state index in [0.717, 1.165) is 19.5 Å². The van der Waals surface area contributed by atoms with Gasteiger partial charge in [-0.25, -0.2) is 0 Å². The van der Waals surface area contributed by atoms with Crippen LogP contribution in [0.2, 0.25) is 0 Å². The highest BCUT2D eigenvalue weighted by atomic mass is 15.2. The molecule has 0 aliphatic carbocycles. The first-order valence-electron chi connectivity index (χ1n) is 4.90. The van der Waals surface area contributed by atoms with Crippen LogP contribution in [0.15, 0.2) is 18.3 Å². The Balaban J connectivity index is 2.02. The fourth-order valence-corrected chi connectivity index (χ4v) is 1.97. The summed E-state index contributed by atoms with van der Waals surface area (Å²) in [5, 5.41) is 0. The van der Waals surface area contributed by atoms with Gasteiger partial charge in [-0.15, -0.1) is 0 Å². The molecule has 0 amide bonds. The predicted molar refractivity (Wildman–Crippen MR) is 53.4 cm³/mol. The van der Waals surface area contributed by atoms with Crippen LogP contribution < -0.4 is 5.73 Å². The molecule has 13 heavy (non-hydrogen) atoms. The van der Waals surface area contributed by atoms with Crippen LogP contribution in [0.25, 0.3) is 0 Å². The summed E-state index contributed by atoms with van der Waals surface area (Å²) in [5.41, 5.74) is 7.15. The van der Waals surface area contributed by atoms with Crippen molar-refractivity contribution >= 4 is 0 Å². The number of likely N-dealkylation sites (tertiary alicyclic amines) is 1. The Labute approximate surface area is 78.9 Å². The van der Waals surface area contributed by atoms with Gasteiger partial charge >= 0.3 is 0 Å². The van der Waals surface area contributed by atoms with Crippen molar-refractivity contribution in [1.29, 1.82) is 0 Å². The molecule has 72 valence electrons. The summed E-state index contributed by atoms with van der Waals surface area (Å²) in [7, 11) is 0. The van der Waals surface area contributed by atoms with E-state index in [0.29, 0.717) is 12.1 Å². The number of hydrogen-bond donors (Lipinski definition) is 2. The molecule has 0 aromatic carbocycles. The Bertz CT molecular complexity index is 255. The lowest BCUT2D eigenvalue weighted by Crippen LogP contribution is -2.28. The lowest BCUT2D eigenvalue weighted by Gasteiger charge is -2.22. The molecule has 1 aromatic rings. The largest absolute Gasteiger partial charge is 0.364 e. The molecule has 1 aliphatic heterocycles. The Hall–Kier alpha value is -0.800. The van der Waals surface area contributed by atoms with Crippen molar-refractivity contribution in [3.8, 4) is 0 Å². The van der Waals surface area contributed by atoms with E-state index in [1.807, 2.05) is 12.3 Å². The Morgan fingerprint density at radius 2 is 2.54 bits per heavy atom. The maximum Gasteiger partial charge on any atom is 0.0470 e. The summed E-state index contributed by atoms with van der Waals surface area (Å²) in [6.45, 7) is 4.38. The molecule has 0 bridgehead atoms. The number of nitrogens with one attached hydrogen (secondary N) is 1. The van der Waals surface area contributed by atoms with Gasteiger partial charge in [-0.2, -0.15) is 0 Å².